The van der Waals surface area contributed by atoms with Crippen LogP contribution in [0.25, 0.3) is 0 Å². The minimum absolute atomic E-state index is 0.0333. The van der Waals surface area contributed by atoms with Crippen molar-refractivity contribution in [3.05, 3.63) is 11.7 Å². The van der Waals surface area contributed by atoms with E-state index in [0.29, 0.717) is 31.3 Å². The number of carbonyl (C=O) groups excluding carboxylic acids is 1. The Kier molecular flexibility index (Phi) is 6.07. The molecule has 2 aliphatic rings. The molecule has 2 fully saturated rings. The van der Waals surface area contributed by atoms with Crippen LogP contribution in [0.15, 0.2) is 4.52 Å². The number of carbonyl (C=O) groups is 1. The highest BCUT2D eigenvalue weighted by Crippen LogP contribution is 2.30. The number of hydrogen-bond acceptors (Lipinski definition) is 5. The number of ether oxygens (including phenoxy) is 1. The maximum absolute atomic E-state index is 12.3. The average molecular weight is 336 g/mol. The molecular formula is C17H28N4O3. The van der Waals surface area contributed by atoms with E-state index < -0.39 is 0 Å². The zero-order valence-electron chi connectivity index (χ0n) is 14.5. The van der Waals surface area contributed by atoms with Crippen molar-refractivity contribution < 1.29 is 14.1 Å². The molecule has 1 N–H and O–H groups in total. The minimum atomic E-state index is -0.107. The van der Waals surface area contributed by atoms with Crippen LogP contribution in [0.4, 0.5) is 4.79 Å². The lowest BCUT2D eigenvalue weighted by molar-refractivity contribution is 0.125. The predicted octanol–water partition coefficient (Wildman–Crippen LogP) is 2.69. The first-order valence-electron chi connectivity index (χ1n) is 9.22. The number of amides is 2. The van der Waals surface area contributed by atoms with Crippen LogP contribution in [0.3, 0.4) is 0 Å². The van der Waals surface area contributed by atoms with E-state index >= 15 is 0 Å². The summed E-state index contributed by atoms with van der Waals surface area (Å²) in [7, 11) is 0. The summed E-state index contributed by atoms with van der Waals surface area (Å²) in [6.45, 7) is 4.95. The molecule has 2 amide bonds. The lowest BCUT2D eigenvalue weighted by atomic mass is 10.0. The van der Waals surface area contributed by atoms with Gasteiger partial charge in [0.05, 0.1) is 6.61 Å². The van der Waals surface area contributed by atoms with Crippen LogP contribution in [-0.2, 0) is 11.2 Å². The van der Waals surface area contributed by atoms with Crippen LogP contribution >= 0.6 is 0 Å². The fourth-order valence-electron chi connectivity index (χ4n) is 2.97. The molecule has 1 aliphatic carbocycles. The molecule has 2 heterocycles. The first kappa shape index (κ1) is 17.2. The van der Waals surface area contributed by atoms with E-state index in [9.17, 15) is 4.79 Å². The van der Waals surface area contributed by atoms with Crippen LogP contribution in [0, 0.1) is 5.92 Å². The fraction of sp³-hybridized carbons (Fsp3) is 0.824. The first-order chi connectivity index (χ1) is 11.8. The largest absolute Gasteiger partial charge is 0.381 e. The monoisotopic (exact) mass is 336 g/mol. The van der Waals surface area contributed by atoms with Crippen molar-refractivity contribution in [2.45, 2.75) is 57.9 Å². The van der Waals surface area contributed by atoms with Gasteiger partial charge in [-0.2, -0.15) is 4.98 Å². The van der Waals surface area contributed by atoms with Gasteiger partial charge >= 0.3 is 6.03 Å². The van der Waals surface area contributed by atoms with E-state index in [1.807, 2.05) is 11.8 Å². The molecule has 7 nitrogen and oxygen atoms in total. The van der Waals surface area contributed by atoms with Gasteiger partial charge in [-0.15, -0.1) is 0 Å². The molecule has 1 aromatic heterocycles. The molecule has 1 aromatic rings. The standard InChI is InChI=1S/C17H28N4O3/c1-2-9-18-17(22)21-10-4-3-5-14(21)16-19-15(20-24-16)8-11-23-12-13-6-7-13/h13-14H,2-12H2,1H3,(H,18,22). The van der Waals surface area contributed by atoms with Crippen molar-refractivity contribution in [2.24, 2.45) is 5.92 Å². The third-order valence-electron chi connectivity index (χ3n) is 4.58. The second-order valence-electron chi connectivity index (χ2n) is 6.75. The van der Waals surface area contributed by atoms with Crippen molar-refractivity contribution in [3.8, 4) is 0 Å². The zero-order valence-corrected chi connectivity index (χ0v) is 14.5. The molecule has 1 saturated carbocycles. The molecular weight excluding hydrogens is 308 g/mol. The first-order valence-corrected chi connectivity index (χ1v) is 9.22. The lowest BCUT2D eigenvalue weighted by Crippen LogP contribution is -2.44. The van der Waals surface area contributed by atoms with Gasteiger partial charge in [0.1, 0.15) is 6.04 Å². The van der Waals surface area contributed by atoms with E-state index in [-0.39, 0.29) is 12.1 Å². The molecule has 0 bridgehead atoms. The number of aromatic nitrogens is 2. The molecule has 3 rings (SSSR count). The Morgan fingerprint density at radius 2 is 2.25 bits per heavy atom. The maximum atomic E-state index is 12.3. The van der Waals surface area contributed by atoms with Gasteiger partial charge in [-0.05, 0) is 44.4 Å². The van der Waals surface area contributed by atoms with E-state index in [4.69, 9.17) is 9.26 Å². The summed E-state index contributed by atoms with van der Waals surface area (Å²) in [6, 6.07) is -0.140. The Labute approximate surface area is 143 Å². The van der Waals surface area contributed by atoms with Crippen molar-refractivity contribution >= 4 is 6.03 Å². The molecule has 134 valence electrons. The second kappa shape index (κ2) is 8.46. The SMILES string of the molecule is CCCNC(=O)N1CCCCC1c1nc(CCOCC2CC2)no1. The van der Waals surface area contributed by atoms with Gasteiger partial charge in [-0.3, -0.25) is 0 Å². The highest BCUT2D eigenvalue weighted by molar-refractivity contribution is 5.74. The molecule has 0 spiro atoms. The molecule has 1 saturated heterocycles. The third kappa shape index (κ3) is 4.69. The van der Waals surface area contributed by atoms with Gasteiger partial charge in [0.15, 0.2) is 5.82 Å². The summed E-state index contributed by atoms with van der Waals surface area (Å²) in [5.74, 6) is 1.99. The van der Waals surface area contributed by atoms with Crippen molar-refractivity contribution in [1.82, 2.24) is 20.4 Å². The summed E-state index contributed by atoms with van der Waals surface area (Å²) < 4.78 is 11.1. The number of nitrogens with one attached hydrogen (secondary N) is 1. The van der Waals surface area contributed by atoms with Crippen LogP contribution in [-0.4, -0.2) is 47.4 Å². The summed E-state index contributed by atoms with van der Waals surface area (Å²) in [5.41, 5.74) is 0. The number of nitrogens with zero attached hydrogens (tertiary/aromatic N) is 3. The Balaban J connectivity index is 1.53. The van der Waals surface area contributed by atoms with Crippen LogP contribution < -0.4 is 5.32 Å². The molecule has 1 atom stereocenters. The Hall–Kier alpha value is -1.63. The average Bonchev–Trinajstić information content (AvgIpc) is 3.32. The molecule has 0 aromatic carbocycles. The van der Waals surface area contributed by atoms with Crippen LogP contribution in [0.1, 0.15) is 63.2 Å². The van der Waals surface area contributed by atoms with Gasteiger partial charge in [0.2, 0.25) is 5.89 Å². The summed E-state index contributed by atoms with van der Waals surface area (Å²) in [6.07, 6.45) is 7.14. The van der Waals surface area contributed by atoms with Crippen LogP contribution in [0.2, 0.25) is 0 Å². The summed E-state index contributed by atoms with van der Waals surface area (Å²) in [5, 5.41) is 7.00. The van der Waals surface area contributed by atoms with Gasteiger partial charge in [0.25, 0.3) is 0 Å². The molecule has 0 radical (unpaired) electrons. The van der Waals surface area contributed by atoms with Gasteiger partial charge in [-0.1, -0.05) is 12.1 Å². The highest BCUT2D eigenvalue weighted by atomic mass is 16.5. The molecule has 1 unspecified atom stereocenters. The van der Waals surface area contributed by atoms with E-state index in [1.165, 1.54) is 12.8 Å². The van der Waals surface area contributed by atoms with Crippen molar-refractivity contribution in [2.75, 3.05) is 26.3 Å². The molecule has 24 heavy (non-hydrogen) atoms. The predicted molar refractivity (Wildman–Crippen MR) is 88.5 cm³/mol. The fourth-order valence-corrected chi connectivity index (χ4v) is 2.97. The zero-order chi connectivity index (χ0) is 16.8. The van der Waals surface area contributed by atoms with Gasteiger partial charge in [-0.25, -0.2) is 4.79 Å². The number of hydrogen-bond donors (Lipinski definition) is 1. The Morgan fingerprint density at radius 1 is 1.38 bits per heavy atom. The highest BCUT2D eigenvalue weighted by Gasteiger charge is 2.32. The smallest absolute Gasteiger partial charge is 0.318 e. The van der Waals surface area contributed by atoms with E-state index in [1.54, 1.807) is 0 Å². The summed E-state index contributed by atoms with van der Waals surface area (Å²) >= 11 is 0. The topological polar surface area (TPSA) is 80.5 Å². The Bertz CT molecular complexity index is 530. The van der Waals surface area contributed by atoms with E-state index in [0.717, 1.165) is 44.8 Å². The minimum Gasteiger partial charge on any atom is -0.381 e. The van der Waals surface area contributed by atoms with E-state index in [2.05, 4.69) is 15.5 Å². The number of piperidine rings is 1. The second-order valence-corrected chi connectivity index (χ2v) is 6.75. The Morgan fingerprint density at radius 3 is 3.04 bits per heavy atom. The lowest BCUT2D eigenvalue weighted by Gasteiger charge is -2.33. The van der Waals surface area contributed by atoms with Crippen molar-refractivity contribution in [3.63, 3.8) is 0 Å². The van der Waals surface area contributed by atoms with Crippen molar-refractivity contribution in [1.29, 1.82) is 0 Å². The number of urea groups is 1. The quantitative estimate of drug-likeness (QED) is 0.738. The van der Waals surface area contributed by atoms with Gasteiger partial charge in [0, 0.05) is 26.1 Å². The third-order valence-corrected chi connectivity index (χ3v) is 4.58. The van der Waals surface area contributed by atoms with Crippen LogP contribution in [0.5, 0.6) is 0 Å². The molecule has 7 heteroatoms. The number of likely N-dealkylation sites (tertiary alicyclic amines) is 1. The maximum Gasteiger partial charge on any atom is 0.318 e. The molecule has 1 aliphatic heterocycles. The van der Waals surface area contributed by atoms with Gasteiger partial charge < -0.3 is 19.5 Å². The normalized spacial score (nSPS) is 21.0. The summed E-state index contributed by atoms with van der Waals surface area (Å²) in [4.78, 5) is 18.7. The number of rotatable bonds is 8.